The first-order chi connectivity index (χ1) is 23.5. The summed E-state index contributed by atoms with van der Waals surface area (Å²) in [6.45, 7) is 4.52. The molecule has 0 aliphatic heterocycles. The largest absolute Gasteiger partial charge is 0.481 e. The monoisotopic (exact) mass is 665 g/mol. The number of aliphatic carboxylic acids is 2. The van der Waals surface area contributed by atoms with E-state index in [4.69, 9.17) is 10.2 Å². The Labute approximate surface area is 296 Å². The maximum atomic E-state index is 10.3. The minimum absolute atomic E-state index is 0.286. The highest BCUT2D eigenvalue weighted by Crippen LogP contribution is 2.12. The Balaban J connectivity index is 0. The number of carboxylic acid groups (broad SMARTS) is 2. The second-order valence-electron chi connectivity index (χ2n) is 12.3. The lowest BCUT2D eigenvalue weighted by Crippen LogP contribution is -1.92. The number of carbonyl (C=O) groups is 2. The zero-order valence-corrected chi connectivity index (χ0v) is 30.9. The molecule has 48 heavy (non-hydrogen) atoms. The molecule has 0 aromatic carbocycles. The Kier molecular flexibility index (Phi) is 42.9. The van der Waals surface area contributed by atoms with Crippen LogP contribution in [0.5, 0.6) is 0 Å². The van der Waals surface area contributed by atoms with Crippen molar-refractivity contribution < 1.29 is 19.8 Å². The predicted octanol–water partition coefficient (Wildman–Crippen LogP) is 14.0. The molecule has 0 spiro atoms. The number of carboxylic acids is 2. The molecule has 0 radical (unpaired) electrons. The second-order valence-corrected chi connectivity index (χ2v) is 12.3. The van der Waals surface area contributed by atoms with E-state index in [-0.39, 0.29) is 6.42 Å². The summed E-state index contributed by atoms with van der Waals surface area (Å²) in [6.07, 6.45) is 60.9. The minimum Gasteiger partial charge on any atom is -0.481 e. The van der Waals surface area contributed by atoms with E-state index in [0.717, 1.165) is 51.0 Å². The molecule has 0 rings (SSSR count). The summed E-state index contributed by atoms with van der Waals surface area (Å²) < 4.78 is 0. The van der Waals surface area contributed by atoms with Crippen LogP contribution in [0.15, 0.2) is 97.2 Å². The molecule has 0 saturated carbocycles. The summed E-state index contributed by atoms with van der Waals surface area (Å²) in [5.41, 5.74) is 0. The van der Waals surface area contributed by atoms with Gasteiger partial charge in [-0.3, -0.25) is 4.79 Å². The van der Waals surface area contributed by atoms with Gasteiger partial charge in [-0.1, -0.05) is 188 Å². The lowest BCUT2D eigenvalue weighted by Gasteiger charge is -2.01. The van der Waals surface area contributed by atoms with E-state index in [9.17, 15) is 9.59 Å². The van der Waals surface area contributed by atoms with Crippen molar-refractivity contribution in [2.75, 3.05) is 0 Å². The summed E-state index contributed by atoms with van der Waals surface area (Å²) in [5, 5.41) is 16.9. The van der Waals surface area contributed by atoms with Gasteiger partial charge in [0.25, 0.3) is 0 Å². The molecule has 0 heterocycles. The van der Waals surface area contributed by atoms with Crippen molar-refractivity contribution in [2.45, 2.75) is 168 Å². The third-order valence-electron chi connectivity index (χ3n) is 7.62. The summed E-state index contributed by atoms with van der Waals surface area (Å²) in [5.74, 6) is -1.62. The second kappa shape index (κ2) is 43.9. The Morgan fingerprint density at radius 1 is 0.396 bits per heavy atom. The zero-order valence-electron chi connectivity index (χ0n) is 30.9. The topological polar surface area (TPSA) is 74.6 Å². The van der Waals surface area contributed by atoms with Gasteiger partial charge < -0.3 is 10.2 Å². The minimum atomic E-state index is -0.921. The standard InChI is InChI=1S/2C22H36O2/c2*1-2-3-4-5-6-7-8-9-10-11-12-13-14-15-16-17-18-19-20-21-22(23)24/h14-21H,2-13H2,1H3,(H,23,24);7-8,10-11,13-14,16-17H,2-6,9,12,15,18-21H2,1H3,(H,23,24)/b15-14+,17-16+,19-18+,21-20+;8-7+,11-10+,14-13+,17-16+. The Bertz CT molecular complexity index is 930. The van der Waals surface area contributed by atoms with E-state index in [1.165, 1.54) is 109 Å². The predicted molar refractivity (Wildman–Crippen MR) is 211 cm³/mol. The molecule has 4 heteroatoms. The molecule has 0 amide bonds. The molecule has 0 atom stereocenters. The van der Waals surface area contributed by atoms with Gasteiger partial charge in [0.15, 0.2) is 0 Å². The van der Waals surface area contributed by atoms with Crippen LogP contribution in [-0.2, 0) is 9.59 Å². The van der Waals surface area contributed by atoms with E-state index in [1.54, 1.807) is 6.08 Å². The Hall–Kier alpha value is -3.14. The molecule has 0 aliphatic rings. The van der Waals surface area contributed by atoms with Crippen LogP contribution in [0.1, 0.15) is 168 Å². The first-order valence-electron chi connectivity index (χ1n) is 19.3. The van der Waals surface area contributed by atoms with Crippen LogP contribution in [-0.4, -0.2) is 22.2 Å². The van der Waals surface area contributed by atoms with E-state index < -0.39 is 11.9 Å². The van der Waals surface area contributed by atoms with Gasteiger partial charge in [0.2, 0.25) is 0 Å². The van der Waals surface area contributed by atoms with E-state index >= 15 is 0 Å². The first-order valence-corrected chi connectivity index (χ1v) is 19.3. The molecule has 4 nitrogen and oxygen atoms in total. The molecule has 0 saturated heterocycles. The van der Waals surface area contributed by atoms with Gasteiger partial charge in [-0.15, -0.1) is 0 Å². The normalized spacial score (nSPS) is 12.4. The summed E-state index contributed by atoms with van der Waals surface area (Å²) in [4.78, 5) is 20.6. The van der Waals surface area contributed by atoms with E-state index in [2.05, 4.69) is 74.6 Å². The van der Waals surface area contributed by atoms with Crippen molar-refractivity contribution in [1.82, 2.24) is 0 Å². The highest BCUT2D eigenvalue weighted by atomic mass is 16.4. The van der Waals surface area contributed by atoms with Crippen LogP contribution in [0.3, 0.4) is 0 Å². The van der Waals surface area contributed by atoms with Crippen molar-refractivity contribution in [3.63, 3.8) is 0 Å². The van der Waals surface area contributed by atoms with Crippen LogP contribution in [0.25, 0.3) is 0 Å². The summed E-state index contributed by atoms with van der Waals surface area (Å²) in [6, 6.07) is 0. The molecule has 0 bridgehead atoms. The number of hydrogen-bond acceptors (Lipinski definition) is 2. The maximum Gasteiger partial charge on any atom is 0.328 e. The maximum absolute atomic E-state index is 10.3. The molecule has 0 aliphatic carbocycles. The molecule has 272 valence electrons. The average molecular weight is 665 g/mol. The summed E-state index contributed by atoms with van der Waals surface area (Å²) in [7, 11) is 0. The SMILES string of the molecule is CCCCCC/C=C/C/C=C/C/C=C/C/C=C/CCCCC(=O)O.CCCCCCCCCCCCC/C=C/C=C/C=C/C=C/C(=O)O. The molecule has 0 aromatic heterocycles. The molecular formula is C44H72O4. The molecule has 2 N–H and O–H groups in total. The molecular weight excluding hydrogens is 592 g/mol. The van der Waals surface area contributed by atoms with Crippen molar-refractivity contribution in [1.29, 1.82) is 0 Å². The van der Waals surface area contributed by atoms with Crippen LogP contribution in [0, 0.1) is 0 Å². The number of unbranched alkanes of at least 4 members (excludes halogenated alkanes) is 17. The van der Waals surface area contributed by atoms with Crippen LogP contribution < -0.4 is 0 Å². The quantitative estimate of drug-likeness (QED) is 0.0325. The van der Waals surface area contributed by atoms with Crippen molar-refractivity contribution >= 4 is 11.9 Å². The Morgan fingerprint density at radius 3 is 1.21 bits per heavy atom. The van der Waals surface area contributed by atoms with Gasteiger partial charge in [-0.05, 0) is 64.2 Å². The van der Waals surface area contributed by atoms with Crippen LogP contribution in [0.2, 0.25) is 0 Å². The number of rotatable bonds is 32. The zero-order chi connectivity index (χ0) is 35.4. The van der Waals surface area contributed by atoms with Crippen LogP contribution in [0.4, 0.5) is 0 Å². The number of hydrogen-bond donors (Lipinski definition) is 2. The molecule has 0 aromatic rings. The van der Waals surface area contributed by atoms with Gasteiger partial charge in [0.1, 0.15) is 0 Å². The van der Waals surface area contributed by atoms with E-state index in [0.29, 0.717) is 0 Å². The van der Waals surface area contributed by atoms with Crippen molar-refractivity contribution in [2.24, 2.45) is 0 Å². The number of allylic oxidation sites excluding steroid dienone is 15. The third kappa shape index (κ3) is 49.7. The molecule has 0 fully saturated rings. The fraction of sp³-hybridized carbons (Fsp3) is 0.591. The van der Waals surface area contributed by atoms with Gasteiger partial charge in [-0.25, -0.2) is 4.79 Å². The fourth-order valence-electron chi connectivity index (χ4n) is 4.77. The highest BCUT2D eigenvalue weighted by molar-refractivity contribution is 5.80. The van der Waals surface area contributed by atoms with Gasteiger partial charge >= 0.3 is 11.9 Å². The van der Waals surface area contributed by atoms with Crippen molar-refractivity contribution in [3.8, 4) is 0 Å². The van der Waals surface area contributed by atoms with Gasteiger partial charge in [0.05, 0.1) is 0 Å². The Morgan fingerprint density at radius 2 is 0.750 bits per heavy atom. The summed E-state index contributed by atoms with van der Waals surface area (Å²) >= 11 is 0. The molecule has 0 unspecified atom stereocenters. The van der Waals surface area contributed by atoms with Crippen molar-refractivity contribution in [3.05, 3.63) is 97.2 Å². The van der Waals surface area contributed by atoms with Gasteiger partial charge in [-0.2, -0.15) is 0 Å². The lowest BCUT2D eigenvalue weighted by atomic mass is 10.1. The first kappa shape index (κ1) is 47.0. The highest BCUT2D eigenvalue weighted by Gasteiger charge is 1.94. The van der Waals surface area contributed by atoms with E-state index in [1.807, 2.05) is 18.2 Å². The third-order valence-corrected chi connectivity index (χ3v) is 7.62. The smallest absolute Gasteiger partial charge is 0.328 e. The van der Waals surface area contributed by atoms with Gasteiger partial charge in [0, 0.05) is 12.5 Å². The fourth-order valence-corrected chi connectivity index (χ4v) is 4.77. The van der Waals surface area contributed by atoms with Crippen LogP contribution >= 0.6 is 0 Å². The average Bonchev–Trinajstić information content (AvgIpc) is 3.07. The lowest BCUT2D eigenvalue weighted by molar-refractivity contribution is -0.137.